The third-order valence-corrected chi connectivity index (χ3v) is 4.00. The summed E-state index contributed by atoms with van der Waals surface area (Å²) in [6.07, 6.45) is 3.55. The Morgan fingerprint density at radius 1 is 1.35 bits per heavy atom. The Bertz CT molecular complexity index is 410. The van der Waals surface area contributed by atoms with Crippen LogP contribution in [0.5, 0.6) is 5.75 Å². The zero-order valence-electron chi connectivity index (χ0n) is 12.1. The Balaban J connectivity index is 1.57. The zero-order valence-corrected chi connectivity index (χ0v) is 12.1. The summed E-state index contributed by atoms with van der Waals surface area (Å²) in [5.74, 6) is 0.943. The minimum absolute atomic E-state index is 0.318. The van der Waals surface area contributed by atoms with Crippen LogP contribution in [0.25, 0.3) is 0 Å². The molecule has 4 nitrogen and oxygen atoms in total. The van der Waals surface area contributed by atoms with Crippen LogP contribution < -0.4 is 10.1 Å². The van der Waals surface area contributed by atoms with E-state index in [0.29, 0.717) is 12.1 Å². The normalized spacial score (nSPS) is 24.8. The molecule has 2 aliphatic rings. The molecule has 0 aromatic heterocycles. The van der Waals surface area contributed by atoms with Crippen LogP contribution in [0.4, 0.5) is 5.69 Å². The monoisotopic (exact) mass is 275 g/mol. The number of anilines is 1. The number of hydrogen-bond donors (Lipinski definition) is 1. The molecule has 1 radical (unpaired) electrons. The lowest BCUT2D eigenvalue weighted by atomic mass is 10.1. The van der Waals surface area contributed by atoms with Gasteiger partial charge in [0, 0.05) is 50.2 Å². The maximum absolute atomic E-state index is 6.05. The fourth-order valence-corrected chi connectivity index (χ4v) is 2.85. The van der Waals surface area contributed by atoms with Crippen molar-refractivity contribution < 1.29 is 9.47 Å². The molecule has 0 amide bonds. The number of likely N-dealkylation sites (N-methyl/N-ethyl adjacent to an activating group) is 1. The smallest absolute Gasteiger partial charge is 0.121 e. The molecule has 1 aromatic carbocycles. The van der Waals surface area contributed by atoms with Gasteiger partial charge in [0.15, 0.2) is 0 Å². The highest BCUT2D eigenvalue weighted by molar-refractivity contribution is 5.48. The van der Waals surface area contributed by atoms with Crippen molar-refractivity contribution in [3.8, 4) is 5.75 Å². The van der Waals surface area contributed by atoms with Crippen LogP contribution in [-0.2, 0) is 4.74 Å². The molecule has 0 aliphatic carbocycles. The van der Waals surface area contributed by atoms with Gasteiger partial charge in [-0.3, -0.25) is 0 Å². The number of hydrogen-bond acceptors (Lipinski definition) is 4. The fraction of sp³-hybridized carbons (Fsp3) is 0.625. The first-order valence-corrected chi connectivity index (χ1v) is 7.51. The molecular weight excluding hydrogens is 252 g/mol. The maximum Gasteiger partial charge on any atom is 0.121 e. The summed E-state index contributed by atoms with van der Waals surface area (Å²) in [5.41, 5.74) is 1.03. The summed E-state index contributed by atoms with van der Waals surface area (Å²) in [4.78, 5) is 2.31. The van der Waals surface area contributed by atoms with Crippen molar-refractivity contribution in [3.63, 3.8) is 0 Å². The number of benzene rings is 1. The van der Waals surface area contributed by atoms with E-state index in [0.717, 1.165) is 57.0 Å². The van der Waals surface area contributed by atoms with E-state index in [-0.39, 0.29) is 0 Å². The molecule has 3 rings (SSSR count). The van der Waals surface area contributed by atoms with Crippen LogP contribution in [0.2, 0.25) is 0 Å². The van der Waals surface area contributed by atoms with E-state index < -0.39 is 0 Å². The molecule has 0 saturated carbocycles. The van der Waals surface area contributed by atoms with Gasteiger partial charge in [-0.25, -0.2) is 0 Å². The predicted molar refractivity (Wildman–Crippen MR) is 79.3 cm³/mol. The topological polar surface area (TPSA) is 33.7 Å². The van der Waals surface area contributed by atoms with Crippen molar-refractivity contribution in [1.82, 2.24) is 4.90 Å². The highest BCUT2D eigenvalue weighted by Crippen LogP contribution is 2.22. The van der Waals surface area contributed by atoms with Gasteiger partial charge in [-0.05, 0) is 38.4 Å². The summed E-state index contributed by atoms with van der Waals surface area (Å²) in [5, 5.41) is 3.53. The van der Waals surface area contributed by atoms with Crippen molar-refractivity contribution in [2.24, 2.45) is 0 Å². The van der Waals surface area contributed by atoms with Crippen LogP contribution in [0.15, 0.2) is 18.2 Å². The van der Waals surface area contributed by atoms with Gasteiger partial charge in [-0.1, -0.05) is 0 Å². The second kappa shape index (κ2) is 6.46. The van der Waals surface area contributed by atoms with Crippen molar-refractivity contribution >= 4 is 5.69 Å². The molecule has 1 aromatic rings. The van der Waals surface area contributed by atoms with Gasteiger partial charge in [-0.15, -0.1) is 0 Å². The van der Waals surface area contributed by atoms with E-state index in [1.165, 1.54) is 0 Å². The molecule has 4 heteroatoms. The lowest BCUT2D eigenvalue weighted by Crippen LogP contribution is -2.27. The molecule has 2 heterocycles. The summed E-state index contributed by atoms with van der Waals surface area (Å²) in [7, 11) is 2.14. The molecule has 20 heavy (non-hydrogen) atoms. The van der Waals surface area contributed by atoms with Crippen LogP contribution in [0.3, 0.4) is 0 Å². The largest absolute Gasteiger partial charge is 0.489 e. The summed E-state index contributed by atoms with van der Waals surface area (Å²) in [6, 6.07) is 9.74. The molecule has 2 saturated heterocycles. The van der Waals surface area contributed by atoms with Crippen molar-refractivity contribution in [3.05, 3.63) is 24.3 Å². The van der Waals surface area contributed by atoms with E-state index in [2.05, 4.69) is 29.4 Å². The van der Waals surface area contributed by atoms with Gasteiger partial charge in [0.1, 0.15) is 11.9 Å². The predicted octanol–water partition coefficient (Wildman–Crippen LogP) is 2.16. The first kappa shape index (κ1) is 13.7. The molecule has 2 aliphatic heterocycles. The third-order valence-electron chi connectivity index (χ3n) is 4.00. The Kier molecular flexibility index (Phi) is 4.43. The zero-order chi connectivity index (χ0) is 13.8. The van der Waals surface area contributed by atoms with Crippen LogP contribution in [-0.4, -0.2) is 50.4 Å². The van der Waals surface area contributed by atoms with E-state index in [4.69, 9.17) is 9.47 Å². The molecule has 109 valence electrons. The summed E-state index contributed by atoms with van der Waals surface area (Å²) in [6.45, 7) is 3.84. The number of nitrogens with zero attached hydrogens (tertiary/aromatic N) is 1. The Labute approximate surface area is 121 Å². The highest BCUT2D eigenvalue weighted by atomic mass is 16.5. The second-order valence-electron chi connectivity index (χ2n) is 5.76. The SMILES string of the molecule is CN1CCC(Oc2cc[c]c(NC3CCOCC3)c2)C1. The van der Waals surface area contributed by atoms with E-state index in [9.17, 15) is 0 Å². The van der Waals surface area contributed by atoms with Crippen LogP contribution in [0, 0.1) is 6.07 Å². The standard InChI is InChI=1S/C16H23N2O2/c1-18-8-5-16(12-18)20-15-4-2-3-14(11-15)17-13-6-9-19-10-7-13/h2,4,11,13,16-17H,5-10,12H2,1H3. The van der Waals surface area contributed by atoms with Gasteiger partial charge in [0.05, 0.1) is 0 Å². The average Bonchev–Trinajstić information content (AvgIpc) is 2.86. The number of rotatable bonds is 4. The van der Waals surface area contributed by atoms with Crippen molar-refractivity contribution in [2.45, 2.75) is 31.4 Å². The molecular formula is C16H23N2O2. The minimum Gasteiger partial charge on any atom is -0.489 e. The fourth-order valence-electron chi connectivity index (χ4n) is 2.85. The van der Waals surface area contributed by atoms with Gasteiger partial charge in [-0.2, -0.15) is 0 Å². The molecule has 2 fully saturated rings. The van der Waals surface area contributed by atoms with E-state index in [1.54, 1.807) is 0 Å². The second-order valence-corrected chi connectivity index (χ2v) is 5.76. The number of ether oxygens (including phenoxy) is 2. The van der Waals surface area contributed by atoms with Crippen molar-refractivity contribution in [2.75, 3.05) is 38.7 Å². The molecule has 1 unspecified atom stereocenters. The van der Waals surface area contributed by atoms with Crippen LogP contribution >= 0.6 is 0 Å². The van der Waals surface area contributed by atoms with Crippen LogP contribution in [0.1, 0.15) is 19.3 Å². The lowest BCUT2D eigenvalue weighted by Gasteiger charge is -2.24. The van der Waals surface area contributed by atoms with Gasteiger partial charge in [0.2, 0.25) is 0 Å². The molecule has 0 bridgehead atoms. The summed E-state index contributed by atoms with van der Waals surface area (Å²) < 4.78 is 11.4. The minimum atomic E-state index is 0.318. The average molecular weight is 275 g/mol. The van der Waals surface area contributed by atoms with Crippen molar-refractivity contribution in [1.29, 1.82) is 0 Å². The van der Waals surface area contributed by atoms with Gasteiger partial charge in [0.25, 0.3) is 0 Å². The number of nitrogens with one attached hydrogen (secondary N) is 1. The Morgan fingerprint density at radius 3 is 2.95 bits per heavy atom. The molecule has 0 spiro atoms. The third kappa shape index (κ3) is 3.64. The maximum atomic E-state index is 6.05. The first-order chi connectivity index (χ1) is 9.79. The quantitative estimate of drug-likeness (QED) is 0.913. The Morgan fingerprint density at radius 2 is 2.20 bits per heavy atom. The van der Waals surface area contributed by atoms with E-state index >= 15 is 0 Å². The molecule has 1 atom stereocenters. The molecule has 1 N–H and O–H groups in total. The highest BCUT2D eigenvalue weighted by Gasteiger charge is 2.21. The number of likely N-dealkylation sites (tertiary alicyclic amines) is 1. The lowest BCUT2D eigenvalue weighted by molar-refractivity contribution is 0.0904. The van der Waals surface area contributed by atoms with E-state index in [1.807, 2.05) is 12.1 Å². The summed E-state index contributed by atoms with van der Waals surface area (Å²) >= 11 is 0. The first-order valence-electron chi connectivity index (χ1n) is 7.51. The van der Waals surface area contributed by atoms with Gasteiger partial charge >= 0.3 is 0 Å². The Hall–Kier alpha value is -1.26. The van der Waals surface area contributed by atoms with Gasteiger partial charge < -0.3 is 19.7 Å².